The Morgan fingerprint density at radius 1 is 1.12 bits per heavy atom. The maximum Gasteiger partial charge on any atom is 0.233 e. The molecule has 0 bridgehead atoms. The summed E-state index contributed by atoms with van der Waals surface area (Å²) in [6.45, 7) is 3.82. The van der Waals surface area contributed by atoms with Crippen LogP contribution in [0.25, 0.3) is 0 Å². The lowest BCUT2D eigenvalue weighted by Crippen LogP contribution is -2.33. The largest absolute Gasteiger partial charge is 0.423 e. The summed E-state index contributed by atoms with van der Waals surface area (Å²) in [5.41, 5.74) is 2.09. The fourth-order valence-corrected chi connectivity index (χ4v) is 3.95. The molecule has 0 amide bonds. The molecule has 1 saturated heterocycles. The molecule has 130 valence electrons. The van der Waals surface area contributed by atoms with Crippen molar-refractivity contribution in [3.05, 3.63) is 28.2 Å². The molecular weight excluding hydrogens is 326 g/mol. The van der Waals surface area contributed by atoms with Gasteiger partial charge in [0.2, 0.25) is 11.8 Å². The first kappa shape index (κ1) is 16.1. The maximum atomic E-state index is 6.42. The monoisotopic (exact) mass is 349 g/mol. The van der Waals surface area contributed by atoms with Gasteiger partial charge in [0.05, 0.1) is 11.7 Å². The van der Waals surface area contributed by atoms with E-state index in [4.69, 9.17) is 16.0 Å². The molecule has 0 radical (unpaired) electrons. The van der Waals surface area contributed by atoms with E-state index in [-0.39, 0.29) is 6.04 Å². The lowest BCUT2D eigenvalue weighted by molar-refractivity contribution is 0.115. The molecule has 3 heterocycles. The third kappa shape index (κ3) is 2.86. The SMILES string of the molecule is Cc1nn(C)c(Cl)c1CN1CCCC[C@@H]1c1nnc(C2CCC2)o1. The standard InChI is InChI=1S/C17H24ClN5O/c1-11-13(15(18)22(2)21-11)10-23-9-4-3-8-14(23)17-20-19-16(24-17)12-6-5-7-12/h12,14H,3-10H2,1-2H3/t14-/m1/s1. The predicted octanol–water partition coefficient (Wildman–Crippen LogP) is 3.76. The minimum Gasteiger partial charge on any atom is -0.423 e. The maximum absolute atomic E-state index is 6.42. The van der Waals surface area contributed by atoms with Crippen LogP contribution in [-0.4, -0.2) is 31.4 Å². The van der Waals surface area contributed by atoms with Gasteiger partial charge in [-0.05, 0) is 39.2 Å². The van der Waals surface area contributed by atoms with Crippen LogP contribution in [0.3, 0.4) is 0 Å². The predicted molar refractivity (Wildman–Crippen MR) is 90.8 cm³/mol. The summed E-state index contributed by atoms with van der Waals surface area (Å²) in [6.07, 6.45) is 7.08. The molecule has 6 nitrogen and oxygen atoms in total. The average Bonchev–Trinajstić information content (AvgIpc) is 3.07. The summed E-state index contributed by atoms with van der Waals surface area (Å²) in [6, 6.07) is 0.191. The Morgan fingerprint density at radius 2 is 1.92 bits per heavy atom. The van der Waals surface area contributed by atoms with E-state index in [2.05, 4.69) is 20.2 Å². The lowest BCUT2D eigenvalue weighted by Gasteiger charge is -2.33. The number of piperidine rings is 1. The van der Waals surface area contributed by atoms with Crippen LogP contribution in [0.2, 0.25) is 5.15 Å². The number of hydrogen-bond donors (Lipinski definition) is 0. The van der Waals surface area contributed by atoms with E-state index in [1.54, 1.807) is 4.68 Å². The number of aromatic nitrogens is 4. The van der Waals surface area contributed by atoms with Crippen molar-refractivity contribution in [3.8, 4) is 0 Å². The second-order valence-corrected chi connectivity index (χ2v) is 7.42. The molecule has 2 aliphatic rings. The van der Waals surface area contributed by atoms with E-state index in [1.807, 2.05) is 14.0 Å². The summed E-state index contributed by atoms with van der Waals surface area (Å²) in [5.74, 6) is 2.09. The zero-order valence-electron chi connectivity index (χ0n) is 14.3. The van der Waals surface area contributed by atoms with Gasteiger partial charge in [0.1, 0.15) is 5.15 Å². The highest BCUT2D eigenvalue weighted by Gasteiger charge is 2.32. The van der Waals surface area contributed by atoms with E-state index in [1.165, 1.54) is 32.1 Å². The van der Waals surface area contributed by atoms with Gasteiger partial charge < -0.3 is 4.42 Å². The first-order valence-corrected chi connectivity index (χ1v) is 9.26. The Hall–Kier alpha value is -1.40. The van der Waals surface area contributed by atoms with Crippen LogP contribution >= 0.6 is 11.6 Å². The number of hydrogen-bond acceptors (Lipinski definition) is 5. The van der Waals surface area contributed by atoms with Gasteiger partial charge in [-0.2, -0.15) is 5.10 Å². The van der Waals surface area contributed by atoms with Gasteiger partial charge >= 0.3 is 0 Å². The first-order valence-electron chi connectivity index (χ1n) is 8.89. The van der Waals surface area contributed by atoms with Crippen LogP contribution < -0.4 is 0 Å². The zero-order chi connectivity index (χ0) is 16.7. The van der Waals surface area contributed by atoms with Gasteiger partial charge in [-0.3, -0.25) is 9.58 Å². The smallest absolute Gasteiger partial charge is 0.233 e. The van der Waals surface area contributed by atoms with Crippen LogP contribution in [-0.2, 0) is 13.6 Å². The molecule has 1 aliphatic heterocycles. The van der Waals surface area contributed by atoms with E-state index >= 15 is 0 Å². The molecule has 0 aromatic carbocycles. The van der Waals surface area contributed by atoms with Crippen molar-refractivity contribution in [1.29, 1.82) is 0 Å². The topological polar surface area (TPSA) is 60.0 Å². The summed E-state index contributed by atoms with van der Waals surface area (Å²) in [4.78, 5) is 2.41. The van der Waals surface area contributed by atoms with Gasteiger partial charge in [-0.25, -0.2) is 0 Å². The van der Waals surface area contributed by atoms with Crippen molar-refractivity contribution in [2.24, 2.45) is 7.05 Å². The summed E-state index contributed by atoms with van der Waals surface area (Å²) >= 11 is 6.42. The molecule has 1 atom stereocenters. The van der Waals surface area contributed by atoms with Gasteiger partial charge in [0.25, 0.3) is 0 Å². The number of aryl methyl sites for hydroxylation is 2. The molecule has 2 fully saturated rings. The number of likely N-dealkylation sites (tertiary alicyclic amines) is 1. The zero-order valence-corrected chi connectivity index (χ0v) is 15.1. The fraction of sp³-hybridized carbons (Fsp3) is 0.706. The Morgan fingerprint density at radius 3 is 2.58 bits per heavy atom. The molecule has 0 unspecified atom stereocenters. The Kier molecular flexibility index (Phi) is 4.35. The Bertz CT molecular complexity index is 721. The first-order chi connectivity index (χ1) is 11.6. The van der Waals surface area contributed by atoms with Gasteiger partial charge in [0.15, 0.2) is 0 Å². The fourth-order valence-electron chi connectivity index (χ4n) is 3.72. The van der Waals surface area contributed by atoms with Crippen LogP contribution in [0.5, 0.6) is 0 Å². The molecule has 4 rings (SSSR count). The van der Waals surface area contributed by atoms with E-state index in [0.29, 0.717) is 5.92 Å². The molecule has 24 heavy (non-hydrogen) atoms. The molecule has 7 heteroatoms. The number of rotatable bonds is 4. The second-order valence-electron chi connectivity index (χ2n) is 7.07. The molecule has 1 aliphatic carbocycles. The second kappa shape index (κ2) is 6.48. The van der Waals surface area contributed by atoms with Crippen LogP contribution in [0, 0.1) is 6.92 Å². The normalized spacial score (nSPS) is 22.7. The highest BCUT2D eigenvalue weighted by Crippen LogP contribution is 2.38. The van der Waals surface area contributed by atoms with Crippen molar-refractivity contribution in [1.82, 2.24) is 24.9 Å². The number of nitrogens with zero attached hydrogens (tertiary/aromatic N) is 5. The Balaban J connectivity index is 1.55. The quantitative estimate of drug-likeness (QED) is 0.841. The van der Waals surface area contributed by atoms with Crippen molar-refractivity contribution < 1.29 is 4.42 Å². The minimum absolute atomic E-state index is 0.191. The summed E-state index contributed by atoms with van der Waals surface area (Å²) in [5, 5.41) is 13.8. The van der Waals surface area contributed by atoms with Crippen LogP contribution in [0.1, 0.15) is 73.5 Å². The van der Waals surface area contributed by atoms with Gasteiger partial charge in [0, 0.05) is 25.1 Å². The van der Waals surface area contributed by atoms with Crippen molar-refractivity contribution in [3.63, 3.8) is 0 Å². The highest BCUT2D eigenvalue weighted by molar-refractivity contribution is 6.30. The van der Waals surface area contributed by atoms with Crippen molar-refractivity contribution in [2.45, 2.75) is 64.0 Å². The molecule has 0 N–H and O–H groups in total. The summed E-state index contributed by atoms with van der Waals surface area (Å²) < 4.78 is 7.79. The summed E-state index contributed by atoms with van der Waals surface area (Å²) in [7, 11) is 1.88. The van der Waals surface area contributed by atoms with Crippen molar-refractivity contribution in [2.75, 3.05) is 6.54 Å². The van der Waals surface area contributed by atoms with Crippen LogP contribution in [0.4, 0.5) is 0 Å². The highest BCUT2D eigenvalue weighted by atomic mass is 35.5. The average molecular weight is 350 g/mol. The molecule has 2 aromatic rings. The molecular formula is C17H24ClN5O. The molecule has 1 saturated carbocycles. The van der Waals surface area contributed by atoms with Crippen molar-refractivity contribution >= 4 is 11.6 Å². The van der Waals surface area contributed by atoms with Gasteiger partial charge in [-0.15, -0.1) is 10.2 Å². The molecule has 0 spiro atoms. The number of halogens is 1. The third-order valence-corrected chi connectivity index (χ3v) is 5.91. The molecule has 2 aromatic heterocycles. The Labute approximate surface area is 147 Å². The van der Waals surface area contributed by atoms with Crippen LogP contribution in [0.15, 0.2) is 4.42 Å². The third-order valence-electron chi connectivity index (χ3n) is 5.44. The van der Waals surface area contributed by atoms with E-state index < -0.39 is 0 Å². The lowest BCUT2D eigenvalue weighted by atomic mass is 9.85. The van der Waals surface area contributed by atoms with E-state index in [0.717, 1.165) is 47.7 Å². The van der Waals surface area contributed by atoms with Gasteiger partial charge in [-0.1, -0.05) is 24.4 Å². The minimum atomic E-state index is 0.191. The van der Waals surface area contributed by atoms with E-state index in [9.17, 15) is 0 Å².